The van der Waals surface area contributed by atoms with Gasteiger partial charge < -0.3 is 4.90 Å². The third kappa shape index (κ3) is 4.06. The fourth-order valence-electron chi connectivity index (χ4n) is 2.82. The Morgan fingerprint density at radius 2 is 1.73 bits per heavy atom. The maximum atomic E-state index is 13.2. The molecule has 0 aliphatic rings. The molecule has 0 aliphatic carbocycles. The van der Waals surface area contributed by atoms with Gasteiger partial charge in [-0.2, -0.15) is 0 Å². The summed E-state index contributed by atoms with van der Waals surface area (Å²) in [5.74, 6) is -0.109. The van der Waals surface area contributed by atoms with Gasteiger partial charge >= 0.3 is 0 Å². The molecule has 0 saturated heterocycles. The molecule has 0 bridgehead atoms. The molecular weight excluding hydrogens is 366 g/mol. The maximum Gasteiger partial charge on any atom is 0.261 e. The number of benzene rings is 2. The molecule has 4 nitrogen and oxygen atoms in total. The number of hydrogen-bond acceptors (Lipinski definition) is 4. The zero-order valence-electron chi connectivity index (χ0n) is 15.0. The second kappa shape index (κ2) is 8.62. The van der Waals surface area contributed by atoms with Gasteiger partial charge in [-0.05, 0) is 37.4 Å². The van der Waals surface area contributed by atoms with Crippen LogP contribution in [0.3, 0.4) is 0 Å². The van der Waals surface area contributed by atoms with E-state index in [-0.39, 0.29) is 5.91 Å². The molecule has 3 rings (SSSR count). The Hall–Kier alpha value is -1.95. The summed E-state index contributed by atoms with van der Waals surface area (Å²) in [5, 5.41) is 1.18. The number of carbonyl (C=O) groups excluding carboxylic acids is 1. The highest BCUT2D eigenvalue weighted by Crippen LogP contribution is 2.30. The predicted octanol–water partition coefficient (Wildman–Crippen LogP) is 4.94. The topological polar surface area (TPSA) is 36.4 Å². The molecule has 1 heterocycles. The number of halogens is 1. The van der Waals surface area contributed by atoms with Crippen LogP contribution < -0.4 is 4.90 Å². The molecule has 0 N–H and O–H groups in total. The first-order valence-electron chi connectivity index (χ1n) is 8.78. The first kappa shape index (κ1) is 18.8. The Balaban J connectivity index is 1.95. The minimum absolute atomic E-state index is 0.109. The normalized spacial score (nSPS) is 11.2. The van der Waals surface area contributed by atoms with Crippen LogP contribution in [0.4, 0.5) is 5.13 Å². The summed E-state index contributed by atoms with van der Waals surface area (Å²) in [6.45, 7) is 7.52. The molecular formula is C20H22ClN3OS. The number of para-hydroxylation sites is 1. The van der Waals surface area contributed by atoms with Crippen LogP contribution in [-0.4, -0.2) is 42.0 Å². The lowest BCUT2D eigenvalue weighted by Crippen LogP contribution is -2.39. The number of thiazole rings is 1. The lowest BCUT2D eigenvalue weighted by atomic mass is 10.2. The van der Waals surface area contributed by atoms with Gasteiger partial charge in [0.05, 0.1) is 20.8 Å². The fraction of sp³-hybridized carbons (Fsp3) is 0.300. The maximum absolute atomic E-state index is 13.2. The predicted molar refractivity (Wildman–Crippen MR) is 111 cm³/mol. The molecule has 6 heteroatoms. The number of hydrogen-bond donors (Lipinski definition) is 0. The molecule has 26 heavy (non-hydrogen) atoms. The van der Waals surface area contributed by atoms with Gasteiger partial charge in [0, 0.05) is 13.1 Å². The molecule has 0 unspecified atom stereocenters. The first-order chi connectivity index (χ1) is 12.6. The number of nitrogens with zero attached hydrogens (tertiary/aromatic N) is 3. The van der Waals surface area contributed by atoms with E-state index >= 15 is 0 Å². The summed E-state index contributed by atoms with van der Waals surface area (Å²) in [7, 11) is 0. The zero-order valence-corrected chi connectivity index (χ0v) is 16.6. The van der Waals surface area contributed by atoms with E-state index in [0.717, 1.165) is 29.9 Å². The summed E-state index contributed by atoms with van der Waals surface area (Å²) in [4.78, 5) is 21.9. The van der Waals surface area contributed by atoms with E-state index in [4.69, 9.17) is 11.6 Å². The van der Waals surface area contributed by atoms with Crippen LogP contribution in [0, 0.1) is 0 Å². The molecule has 0 fully saturated rings. The molecule has 1 aromatic heterocycles. The van der Waals surface area contributed by atoms with Crippen molar-refractivity contribution in [3.8, 4) is 0 Å². The summed E-state index contributed by atoms with van der Waals surface area (Å²) in [5.41, 5.74) is 1.42. The van der Waals surface area contributed by atoms with Crippen molar-refractivity contribution >= 4 is 44.2 Å². The van der Waals surface area contributed by atoms with Crippen molar-refractivity contribution in [3.05, 3.63) is 59.1 Å². The Morgan fingerprint density at radius 1 is 1.04 bits per heavy atom. The lowest BCUT2D eigenvalue weighted by molar-refractivity contribution is 0.0984. The van der Waals surface area contributed by atoms with Crippen molar-refractivity contribution in [3.63, 3.8) is 0 Å². The van der Waals surface area contributed by atoms with Gasteiger partial charge in [0.25, 0.3) is 5.91 Å². The number of fused-ring (bicyclic) bond motifs is 1. The number of likely N-dealkylation sites (N-methyl/N-ethyl adjacent to an activating group) is 1. The summed E-state index contributed by atoms with van der Waals surface area (Å²) in [6.07, 6.45) is 0. The number of anilines is 1. The second-order valence-corrected chi connectivity index (χ2v) is 7.34. The molecule has 3 aromatic rings. The second-order valence-electron chi connectivity index (χ2n) is 5.93. The largest absolute Gasteiger partial charge is 0.302 e. The standard InChI is InChI=1S/C20H22ClN3OS/c1-3-23(4-2)13-14-24(19(25)15-9-5-6-10-16(15)21)20-22-17-11-7-8-12-18(17)26-20/h5-12H,3-4,13-14H2,1-2H3. The summed E-state index contributed by atoms with van der Waals surface area (Å²) >= 11 is 7.81. The van der Waals surface area contributed by atoms with Crippen LogP contribution in [0.5, 0.6) is 0 Å². The van der Waals surface area contributed by atoms with E-state index in [0.29, 0.717) is 22.3 Å². The smallest absolute Gasteiger partial charge is 0.261 e. The first-order valence-corrected chi connectivity index (χ1v) is 9.97. The highest BCUT2D eigenvalue weighted by molar-refractivity contribution is 7.22. The van der Waals surface area contributed by atoms with E-state index in [1.54, 1.807) is 17.0 Å². The average molecular weight is 388 g/mol. The van der Waals surface area contributed by atoms with E-state index in [1.807, 2.05) is 36.4 Å². The molecule has 0 aliphatic heterocycles. The van der Waals surface area contributed by atoms with Crippen molar-refractivity contribution in [2.45, 2.75) is 13.8 Å². The van der Waals surface area contributed by atoms with E-state index < -0.39 is 0 Å². The third-order valence-electron chi connectivity index (χ3n) is 4.40. The Morgan fingerprint density at radius 3 is 2.42 bits per heavy atom. The monoisotopic (exact) mass is 387 g/mol. The van der Waals surface area contributed by atoms with E-state index in [1.165, 1.54) is 11.3 Å². The fourth-order valence-corrected chi connectivity index (χ4v) is 4.03. The van der Waals surface area contributed by atoms with Crippen LogP contribution in [0.2, 0.25) is 5.02 Å². The Labute approximate surface area is 163 Å². The van der Waals surface area contributed by atoms with Crippen molar-refractivity contribution in [1.82, 2.24) is 9.88 Å². The minimum atomic E-state index is -0.109. The quantitative estimate of drug-likeness (QED) is 0.576. The van der Waals surface area contributed by atoms with Gasteiger partial charge in [-0.15, -0.1) is 0 Å². The van der Waals surface area contributed by atoms with Crippen LogP contribution in [0.25, 0.3) is 10.2 Å². The minimum Gasteiger partial charge on any atom is -0.302 e. The summed E-state index contributed by atoms with van der Waals surface area (Å²) < 4.78 is 1.07. The van der Waals surface area contributed by atoms with Crippen molar-refractivity contribution in [2.75, 3.05) is 31.1 Å². The Kier molecular flexibility index (Phi) is 6.25. The third-order valence-corrected chi connectivity index (χ3v) is 5.79. The highest BCUT2D eigenvalue weighted by atomic mass is 35.5. The number of carbonyl (C=O) groups is 1. The van der Waals surface area contributed by atoms with Crippen LogP contribution in [0.1, 0.15) is 24.2 Å². The molecule has 0 spiro atoms. The van der Waals surface area contributed by atoms with Crippen molar-refractivity contribution in [2.24, 2.45) is 0 Å². The van der Waals surface area contributed by atoms with Crippen LogP contribution >= 0.6 is 22.9 Å². The molecule has 136 valence electrons. The number of amides is 1. The molecule has 0 saturated carbocycles. The molecule has 2 aromatic carbocycles. The van der Waals surface area contributed by atoms with Gasteiger partial charge in [-0.3, -0.25) is 9.69 Å². The van der Waals surface area contributed by atoms with Crippen molar-refractivity contribution in [1.29, 1.82) is 0 Å². The SMILES string of the molecule is CCN(CC)CCN(C(=O)c1ccccc1Cl)c1nc2ccccc2s1. The van der Waals surface area contributed by atoms with E-state index in [2.05, 4.69) is 23.7 Å². The molecule has 0 atom stereocenters. The van der Waals surface area contributed by atoms with Crippen molar-refractivity contribution < 1.29 is 4.79 Å². The van der Waals surface area contributed by atoms with Gasteiger partial charge in [0.15, 0.2) is 5.13 Å². The van der Waals surface area contributed by atoms with Gasteiger partial charge in [0.2, 0.25) is 0 Å². The van der Waals surface area contributed by atoms with Gasteiger partial charge in [-0.1, -0.05) is 61.1 Å². The highest BCUT2D eigenvalue weighted by Gasteiger charge is 2.23. The van der Waals surface area contributed by atoms with Gasteiger partial charge in [-0.25, -0.2) is 4.98 Å². The number of rotatable bonds is 7. The van der Waals surface area contributed by atoms with Gasteiger partial charge in [0.1, 0.15) is 0 Å². The molecule has 0 radical (unpaired) electrons. The van der Waals surface area contributed by atoms with Crippen LogP contribution in [-0.2, 0) is 0 Å². The lowest BCUT2D eigenvalue weighted by Gasteiger charge is -2.25. The van der Waals surface area contributed by atoms with E-state index in [9.17, 15) is 4.79 Å². The molecule has 1 amide bonds. The number of aromatic nitrogens is 1. The Bertz CT molecular complexity index is 858. The summed E-state index contributed by atoms with van der Waals surface area (Å²) in [6, 6.07) is 15.1. The average Bonchev–Trinajstić information content (AvgIpc) is 3.09. The zero-order chi connectivity index (χ0) is 18.5. The van der Waals surface area contributed by atoms with Crippen LogP contribution in [0.15, 0.2) is 48.5 Å².